The van der Waals surface area contributed by atoms with Crippen molar-refractivity contribution < 1.29 is 0 Å². The fourth-order valence-corrected chi connectivity index (χ4v) is 2.53. The molecule has 1 aliphatic rings. The number of hydrogen-bond acceptors (Lipinski definition) is 3. The maximum Gasteiger partial charge on any atom is 0.154 e. The summed E-state index contributed by atoms with van der Waals surface area (Å²) in [6.07, 6.45) is 5.75. The van der Waals surface area contributed by atoms with Gasteiger partial charge < -0.3 is 4.90 Å². The second-order valence-electron chi connectivity index (χ2n) is 4.53. The van der Waals surface area contributed by atoms with E-state index in [-0.39, 0.29) is 0 Å². The van der Waals surface area contributed by atoms with Gasteiger partial charge in [0.15, 0.2) is 5.82 Å². The van der Waals surface area contributed by atoms with Crippen molar-refractivity contribution in [1.29, 1.82) is 0 Å². The maximum atomic E-state index is 6.13. The lowest BCUT2D eigenvalue weighted by Crippen LogP contribution is -2.34. The Kier molecular flexibility index (Phi) is 2.67. The van der Waals surface area contributed by atoms with Crippen LogP contribution in [0.25, 0.3) is 5.52 Å². The Morgan fingerprint density at radius 2 is 2.12 bits per heavy atom. The largest absolute Gasteiger partial charge is 0.355 e. The van der Waals surface area contributed by atoms with Gasteiger partial charge in [-0.3, -0.25) is 0 Å². The summed E-state index contributed by atoms with van der Waals surface area (Å²) in [5.41, 5.74) is 2.10. The van der Waals surface area contributed by atoms with E-state index >= 15 is 0 Å². The van der Waals surface area contributed by atoms with Crippen LogP contribution in [0.2, 0.25) is 0 Å². The summed E-state index contributed by atoms with van der Waals surface area (Å²) in [6.45, 7) is 3.96. The summed E-state index contributed by atoms with van der Waals surface area (Å²) in [5, 5.41) is 4.72. The van der Waals surface area contributed by atoms with Crippen LogP contribution in [0, 0.1) is 6.92 Å². The van der Waals surface area contributed by atoms with Crippen molar-refractivity contribution in [2.45, 2.75) is 25.1 Å². The molecule has 1 saturated heterocycles. The molecule has 2 aromatic rings. The number of aromatic nitrogens is 3. The van der Waals surface area contributed by atoms with Crippen LogP contribution >= 0.6 is 11.6 Å². The van der Waals surface area contributed by atoms with Crippen LogP contribution in [0.3, 0.4) is 0 Å². The molecule has 2 aromatic heterocycles. The van der Waals surface area contributed by atoms with Gasteiger partial charge in [-0.2, -0.15) is 5.10 Å². The lowest BCUT2D eigenvalue weighted by molar-refractivity contribution is 0.581. The molecule has 0 radical (unpaired) electrons. The zero-order chi connectivity index (χ0) is 11.8. The lowest BCUT2D eigenvalue weighted by Gasteiger charge is -2.30. The van der Waals surface area contributed by atoms with Gasteiger partial charge >= 0.3 is 0 Å². The van der Waals surface area contributed by atoms with Crippen LogP contribution in [0.5, 0.6) is 0 Å². The smallest absolute Gasteiger partial charge is 0.154 e. The third-order valence-corrected chi connectivity index (χ3v) is 3.65. The Morgan fingerprint density at radius 3 is 2.88 bits per heavy atom. The van der Waals surface area contributed by atoms with E-state index in [2.05, 4.69) is 21.0 Å². The molecule has 0 spiro atoms. The van der Waals surface area contributed by atoms with E-state index in [0.717, 1.165) is 43.0 Å². The average Bonchev–Trinajstić information content (AvgIpc) is 2.70. The first kappa shape index (κ1) is 10.8. The number of halogens is 1. The number of nitrogens with zero attached hydrogens (tertiary/aromatic N) is 4. The molecule has 0 N–H and O–H groups in total. The van der Waals surface area contributed by atoms with Crippen LogP contribution in [-0.4, -0.2) is 33.1 Å². The van der Waals surface area contributed by atoms with E-state index in [1.807, 2.05) is 23.8 Å². The van der Waals surface area contributed by atoms with Crippen LogP contribution in [0.1, 0.15) is 18.5 Å². The molecule has 0 amide bonds. The normalized spacial score (nSPS) is 17.9. The van der Waals surface area contributed by atoms with Crippen molar-refractivity contribution in [1.82, 2.24) is 14.6 Å². The molecule has 90 valence electrons. The first-order valence-electron chi connectivity index (χ1n) is 5.94. The summed E-state index contributed by atoms with van der Waals surface area (Å²) in [6, 6.07) is 2.08. The molecule has 3 rings (SSSR count). The van der Waals surface area contributed by atoms with Crippen molar-refractivity contribution in [3.8, 4) is 0 Å². The topological polar surface area (TPSA) is 33.4 Å². The molecular formula is C12H15ClN4. The van der Waals surface area contributed by atoms with Gasteiger partial charge in [-0.1, -0.05) is 0 Å². The lowest BCUT2D eigenvalue weighted by atomic mass is 10.1. The summed E-state index contributed by atoms with van der Waals surface area (Å²) in [5.74, 6) is 1.02. The molecule has 0 atom stereocenters. The number of anilines is 1. The molecule has 1 aliphatic heterocycles. The monoisotopic (exact) mass is 250 g/mol. The van der Waals surface area contributed by atoms with Crippen LogP contribution in [0.4, 0.5) is 5.82 Å². The molecule has 4 nitrogen and oxygen atoms in total. The number of hydrogen-bond donors (Lipinski definition) is 0. The summed E-state index contributed by atoms with van der Waals surface area (Å²) >= 11 is 6.13. The summed E-state index contributed by atoms with van der Waals surface area (Å²) < 4.78 is 1.89. The second kappa shape index (κ2) is 4.18. The van der Waals surface area contributed by atoms with Gasteiger partial charge in [0.05, 0.1) is 5.69 Å². The Labute approximate surface area is 105 Å². The molecule has 0 saturated carbocycles. The molecule has 3 heterocycles. The Bertz CT molecular complexity index is 528. The zero-order valence-electron chi connectivity index (χ0n) is 9.80. The summed E-state index contributed by atoms with van der Waals surface area (Å²) in [7, 11) is 0. The third-order valence-electron chi connectivity index (χ3n) is 3.22. The number of piperidine rings is 1. The molecule has 17 heavy (non-hydrogen) atoms. The van der Waals surface area contributed by atoms with Gasteiger partial charge in [0.2, 0.25) is 0 Å². The predicted molar refractivity (Wildman–Crippen MR) is 68.8 cm³/mol. The highest BCUT2D eigenvalue weighted by atomic mass is 35.5. The number of alkyl halides is 1. The van der Waals surface area contributed by atoms with Gasteiger partial charge in [0, 0.05) is 30.9 Å². The van der Waals surface area contributed by atoms with Crippen LogP contribution in [0.15, 0.2) is 18.5 Å². The van der Waals surface area contributed by atoms with Gasteiger partial charge in [-0.05, 0) is 25.8 Å². The highest BCUT2D eigenvalue weighted by Crippen LogP contribution is 2.24. The quantitative estimate of drug-likeness (QED) is 0.728. The number of fused-ring (bicyclic) bond motifs is 1. The van der Waals surface area contributed by atoms with Gasteiger partial charge in [-0.15, -0.1) is 11.6 Å². The number of aryl methyl sites for hydroxylation is 1. The van der Waals surface area contributed by atoms with Crippen LogP contribution in [-0.2, 0) is 0 Å². The maximum absolute atomic E-state index is 6.13. The van der Waals surface area contributed by atoms with E-state index in [1.165, 1.54) is 0 Å². The average molecular weight is 251 g/mol. The number of rotatable bonds is 1. The SMILES string of the molecule is Cc1cc2c(N3CCC(Cl)CC3)nccn2n1. The molecule has 0 aliphatic carbocycles. The fourth-order valence-electron chi connectivity index (χ4n) is 2.33. The first-order valence-corrected chi connectivity index (χ1v) is 6.38. The fraction of sp³-hybridized carbons (Fsp3) is 0.500. The Morgan fingerprint density at radius 1 is 1.35 bits per heavy atom. The highest BCUT2D eigenvalue weighted by Gasteiger charge is 2.20. The standard InChI is InChI=1S/C12H15ClN4/c1-9-8-11-12(14-4-7-17(11)15-9)16-5-2-10(13)3-6-16/h4,7-8,10H,2-3,5-6H2,1H3. The predicted octanol–water partition coefficient (Wildman–Crippen LogP) is 2.25. The van der Waals surface area contributed by atoms with Crippen molar-refractivity contribution in [3.63, 3.8) is 0 Å². The molecular weight excluding hydrogens is 236 g/mol. The Hall–Kier alpha value is -1.29. The van der Waals surface area contributed by atoms with Crippen molar-refractivity contribution in [2.75, 3.05) is 18.0 Å². The minimum atomic E-state index is 0.317. The third kappa shape index (κ3) is 1.97. The minimum absolute atomic E-state index is 0.317. The second-order valence-corrected chi connectivity index (χ2v) is 5.15. The van der Waals surface area contributed by atoms with Gasteiger partial charge in [0.1, 0.15) is 5.52 Å². The summed E-state index contributed by atoms with van der Waals surface area (Å²) in [4.78, 5) is 6.79. The molecule has 0 aromatic carbocycles. The Balaban J connectivity index is 1.99. The van der Waals surface area contributed by atoms with E-state index in [1.54, 1.807) is 0 Å². The molecule has 1 fully saturated rings. The van der Waals surface area contributed by atoms with Gasteiger partial charge in [0.25, 0.3) is 0 Å². The van der Waals surface area contributed by atoms with Crippen LogP contribution < -0.4 is 4.90 Å². The molecule has 0 unspecified atom stereocenters. The first-order chi connectivity index (χ1) is 8.24. The van der Waals surface area contributed by atoms with Gasteiger partial charge in [-0.25, -0.2) is 9.50 Å². The molecule has 5 heteroatoms. The minimum Gasteiger partial charge on any atom is -0.355 e. The van der Waals surface area contributed by atoms with Crippen molar-refractivity contribution in [3.05, 3.63) is 24.2 Å². The highest BCUT2D eigenvalue weighted by molar-refractivity contribution is 6.20. The molecule has 0 bridgehead atoms. The van der Waals surface area contributed by atoms with Crippen molar-refractivity contribution in [2.24, 2.45) is 0 Å². The zero-order valence-corrected chi connectivity index (χ0v) is 10.6. The van der Waals surface area contributed by atoms with E-state index in [9.17, 15) is 0 Å². The van der Waals surface area contributed by atoms with Crippen molar-refractivity contribution >= 4 is 22.9 Å². The van der Waals surface area contributed by atoms with E-state index in [0.29, 0.717) is 5.38 Å². The van der Waals surface area contributed by atoms with E-state index in [4.69, 9.17) is 11.6 Å². The van der Waals surface area contributed by atoms with E-state index < -0.39 is 0 Å².